The van der Waals surface area contributed by atoms with Crippen molar-refractivity contribution in [2.45, 2.75) is 24.9 Å². The quantitative estimate of drug-likeness (QED) is 0.886. The van der Waals surface area contributed by atoms with Crippen LogP contribution in [0.4, 0.5) is 14.6 Å². The van der Waals surface area contributed by atoms with Gasteiger partial charge < -0.3 is 15.0 Å². The molecule has 2 saturated heterocycles. The van der Waals surface area contributed by atoms with E-state index in [4.69, 9.17) is 4.74 Å². The van der Waals surface area contributed by atoms with Crippen LogP contribution in [-0.4, -0.2) is 54.4 Å². The molecule has 2 aliphatic heterocycles. The van der Waals surface area contributed by atoms with Gasteiger partial charge in [-0.2, -0.15) is 0 Å². The fraction of sp³-hybridized carbons (Fsp3) is 0.526. The van der Waals surface area contributed by atoms with Crippen LogP contribution in [0.3, 0.4) is 0 Å². The minimum absolute atomic E-state index is 0.00925. The first-order valence-corrected chi connectivity index (χ1v) is 9.24. The highest BCUT2D eigenvalue weighted by Crippen LogP contribution is 2.31. The van der Waals surface area contributed by atoms with Crippen molar-refractivity contribution in [3.63, 3.8) is 0 Å². The van der Waals surface area contributed by atoms with Crippen LogP contribution < -0.4 is 10.2 Å². The Morgan fingerprint density at radius 1 is 1.33 bits per heavy atom. The molecule has 0 radical (unpaired) electrons. The number of hydrogen-bond donors (Lipinski definition) is 1. The number of anilines is 1. The molecule has 1 atom stereocenters. The Morgan fingerprint density at radius 2 is 2.15 bits per heavy atom. The standard InChI is InChI=1S/C19H22F2N4O2/c20-14-1-2-16-15(9-14)17(24-12-23-16)25-6-4-19(21,5-7-25)11-22-18(26)13-3-8-27-10-13/h1-2,9,12-13H,3-8,10-11H2,(H,22,26). The van der Waals surface area contributed by atoms with Gasteiger partial charge in [-0.05, 0) is 24.6 Å². The molecular formula is C19H22F2N4O2. The number of carbonyl (C=O) groups is 1. The Hall–Kier alpha value is -2.35. The second kappa shape index (κ2) is 7.34. The van der Waals surface area contributed by atoms with Crippen LogP contribution in [-0.2, 0) is 9.53 Å². The Morgan fingerprint density at radius 3 is 2.89 bits per heavy atom. The first-order valence-electron chi connectivity index (χ1n) is 9.24. The fourth-order valence-corrected chi connectivity index (χ4v) is 3.69. The lowest BCUT2D eigenvalue weighted by Gasteiger charge is -2.37. The summed E-state index contributed by atoms with van der Waals surface area (Å²) >= 11 is 0. The monoisotopic (exact) mass is 376 g/mol. The van der Waals surface area contributed by atoms with Crippen molar-refractivity contribution in [2.75, 3.05) is 37.7 Å². The van der Waals surface area contributed by atoms with Gasteiger partial charge in [-0.3, -0.25) is 4.79 Å². The topological polar surface area (TPSA) is 67.4 Å². The molecule has 1 N–H and O–H groups in total. The average Bonchev–Trinajstić information content (AvgIpc) is 3.21. The van der Waals surface area contributed by atoms with Gasteiger partial charge in [0, 0.05) is 37.9 Å². The summed E-state index contributed by atoms with van der Waals surface area (Å²) in [6.07, 6.45) is 2.68. The number of nitrogens with zero attached hydrogens (tertiary/aromatic N) is 3. The van der Waals surface area contributed by atoms with Crippen molar-refractivity contribution >= 4 is 22.6 Å². The number of benzene rings is 1. The van der Waals surface area contributed by atoms with E-state index in [9.17, 15) is 9.18 Å². The first kappa shape index (κ1) is 18.0. The number of amides is 1. The smallest absolute Gasteiger partial charge is 0.225 e. The van der Waals surface area contributed by atoms with Gasteiger partial charge >= 0.3 is 0 Å². The van der Waals surface area contributed by atoms with E-state index in [1.165, 1.54) is 18.5 Å². The SMILES string of the molecule is O=C(NCC1(F)CCN(c2ncnc3ccc(F)cc23)CC1)C1CCOC1. The Balaban J connectivity index is 1.40. The Kier molecular flexibility index (Phi) is 4.90. The van der Waals surface area contributed by atoms with E-state index in [2.05, 4.69) is 15.3 Å². The number of rotatable bonds is 4. The lowest BCUT2D eigenvalue weighted by atomic mass is 9.92. The number of ether oxygens (including phenoxy) is 1. The van der Waals surface area contributed by atoms with Crippen molar-refractivity contribution in [1.82, 2.24) is 15.3 Å². The summed E-state index contributed by atoms with van der Waals surface area (Å²) in [4.78, 5) is 22.5. The highest BCUT2D eigenvalue weighted by atomic mass is 19.1. The van der Waals surface area contributed by atoms with Crippen LogP contribution in [0.1, 0.15) is 19.3 Å². The highest BCUT2D eigenvalue weighted by molar-refractivity contribution is 5.89. The van der Waals surface area contributed by atoms with Gasteiger partial charge in [-0.25, -0.2) is 18.7 Å². The number of hydrogen-bond acceptors (Lipinski definition) is 5. The van der Waals surface area contributed by atoms with E-state index in [1.807, 2.05) is 4.90 Å². The van der Waals surface area contributed by atoms with Crippen molar-refractivity contribution in [3.05, 3.63) is 30.3 Å². The third-order valence-electron chi connectivity index (χ3n) is 5.42. The van der Waals surface area contributed by atoms with Gasteiger partial charge in [-0.1, -0.05) is 0 Å². The predicted molar refractivity (Wildman–Crippen MR) is 96.7 cm³/mol. The molecule has 2 fully saturated rings. The molecule has 0 spiro atoms. The number of piperidine rings is 1. The van der Waals surface area contributed by atoms with Gasteiger partial charge in [0.2, 0.25) is 5.91 Å². The lowest BCUT2D eigenvalue weighted by molar-refractivity contribution is -0.125. The van der Waals surface area contributed by atoms with Crippen molar-refractivity contribution in [1.29, 1.82) is 0 Å². The summed E-state index contributed by atoms with van der Waals surface area (Å²) in [6.45, 7) is 1.90. The summed E-state index contributed by atoms with van der Waals surface area (Å²) in [5.41, 5.74) is -0.788. The third kappa shape index (κ3) is 3.85. The molecule has 0 aliphatic carbocycles. The summed E-state index contributed by atoms with van der Waals surface area (Å²) in [7, 11) is 0. The van der Waals surface area contributed by atoms with Crippen molar-refractivity contribution < 1.29 is 18.3 Å². The zero-order chi connectivity index (χ0) is 18.9. The molecule has 27 heavy (non-hydrogen) atoms. The summed E-state index contributed by atoms with van der Waals surface area (Å²) in [5.74, 6) is -0.0390. The molecule has 0 saturated carbocycles. The minimum atomic E-state index is -1.44. The number of aromatic nitrogens is 2. The molecule has 0 bridgehead atoms. The molecule has 1 unspecified atom stereocenters. The van der Waals surface area contributed by atoms with E-state index in [0.717, 1.165) is 0 Å². The van der Waals surface area contributed by atoms with Crippen LogP contribution in [0, 0.1) is 11.7 Å². The molecule has 144 valence electrons. The number of carbonyl (C=O) groups excluding carboxylic acids is 1. The zero-order valence-electron chi connectivity index (χ0n) is 15.0. The van der Waals surface area contributed by atoms with E-state index < -0.39 is 5.67 Å². The van der Waals surface area contributed by atoms with Crippen LogP contribution in [0.15, 0.2) is 24.5 Å². The molecule has 1 amide bonds. The Bertz CT molecular complexity index is 834. The van der Waals surface area contributed by atoms with E-state index in [-0.39, 0.29) is 37.0 Å². The number of halogens is 2. The van der Waals surface area contributed by atoms with E-state index in [0.29, 0.717) is 49.4 Å². The van der Waals surface area contributed by atoms with Crippen LogP contribution >= 0.6 is 0 Å². The maximum atomic E-state index is 15.1. The van der Waals surface area contributed by atoms with Gasteiger partial charge in [0.25, 0.3) is 0 Å². The van der Waals surface area contributed by atoms with Crippen LogP contribution in [0.25, 0.3) is 10.9 Å². The van der Waals surface area contributed by atoms with Crippen LogP contribution in [0.2, 0.25) is 0 Å². The predicted octanol–water partition coefficient (Wildman–Crippen LogP) is 2.23. The minimum Gasteiger partial charge on any atom is -0.381 e. The van der Waals surface area contributed by atoms with E-state index >= 15 is 4.39 Å². The van der Waals surface area contributed by atoms with Crippen LogP contribution in [0.5, 0.6) is 0 Å². The maximum absolute atomic E-state index is 15.1. The number of nitrogens with one attached hydrogen (secondary N) is 1. The molecule has 2 aromatic rings. The molecule has 8 heteroatoms. The van der Waals surface area contributed by atoms with Gasteiger partial charge in [0.05, 0.1) is 24.6 Å². The molecule has 1 aromatic heterocycles. The number of alkyl halides is 1. The summed E-state index contributed by atoms with van der Waals surface area (Å²) < 4.78 is 34.0. The Labute approximate surface area is 155 Å². The average molecular weight is 376 g/mol. The van der Waals surface area contributed by atoms with Gasteiger partial charge in [0.1, 0.15) is 23.6 Å². The maximum Gasteiger partial charge on any atom is 0.225 e. The summed E-state index contributed by atoms with van der Waals surface area (Å²) in [5, 5.41) is 3.36. The molecule has 4 rings (SSSR count). The molecular weight excluding hydrogens is 354 g/mol. The molecule has 2 aliphatic rings. The third-order valence-corrected chi connectivity index (χ3v) is 5.42. The first-order chi connectivity index (χ1) is 13.0. The van der Waals surface area contributed by atoms with Gasteiger partial charge in [0.15, 0.2) is 0 Å². The zero-order valence-corrected chi connectivity index (χ0v) is 15.0. The molecule has 3 heterocycles. The van der Waals surface area contributed by atoms with E-state index in [1.54, 1.807) is 6.07 Å². The molecule has 1 aromatic carbocycles. The fourth-order valence-electron chi connectivity index (χ4n) is 3.69. The lowest BCUT2D eigenvalue weighted by Crippen LogP contribution is -2.49. The number of fused-ring (bicyclic) bond motifs is 1. The highest BCUT2D eigenvalue weighted by Gasteiger charge is 2.36. The second-order valence-corrected chi connectivity index (χ2v) is 7.28. The van der Waals surface area contributed by atoms with Gasteiger partial charge in [-0.15, -0.1) is 0 Å². The van der Waals surface area contributed by atoms with Crippen molar-refractivity contribution in [2.24, 2.45) is 5.92 Å². The largest absolute Gasteiger partial charge is 0.381 e. The molecule has 6 nitrogen and oxygen atoms in total. The normalized spacial score (nSPS) is 22.1. The second-order valence-electron chi connectivity index (χ2n) is 7.28. The summed E-state index contributed by atoms with van der Waals surface area (Å²) in [6, 6.07) is 4.38. The van der Waals surface area contributed by atoms with Crippen molar-refractivity contribution in [3.8, 4) is 0 Å².